The van der Waals surface area contributed by atoms with Crippen molar-refractivity contribution in [2.75, 3.05) is 37.7 Å². The molecule has 3 aromatic rings. The van der Waals surface area contributed by atoms with Gasteiger partial charge in [-0.05, 0) is 124 Å². The molecule has 0 radical (unpaired) electrons. The number of nitrogens with one attached hydrogen (secondary N) is 2. The van der Waals surface area contributed by atoms with Crippen molar-refractivity contribution in [2.45, 2.75) is 81.0 Å². The maximum absolute atomic E-state index is 13.6. The number of benzene rings is 3. The molecule has 2 N–H and O–H groups in total. The van der Waals surface area contributed by atoms with Gasteiger partial charge in [0.05, 0.1) is 35.2 Å². The summed E-state index contributed by atoms with van der Waals surface area (Å²) < 4.78 is 71.0. The largest absolute Gasteiger partial charge is 0.490 e. The zero-order valence-corrected chi connectivity index (χ0v) is 33.5. The Labute approximate surface area is 324 Å². The summed E-state index contributed by atoms with van der Waals surface area (Å²) in [6.07, 6.45) is 8.92. The zero-order chi connectivity index (χ0) is 38.3. The van der Waals surface area contributed by atoms with E-state index in [4.69, 9.17) is 21.1 Å². The lowest BCUT2D eigenvalue weighted by Gasteiger charge is -2.46. The molecule has 54 heavy (non-hydrogen) atoms. The summed E-state index contributed by atoms with van der Waals surface area (Å²) in [6, 6.07) is 18.1. The van der Waals surface area contributed by atoms with Crippen LogP contribution in [0.5, 0.6) is 5.75 Å². The van der Waals surface area contributed by atoms with Crippen LogP contribution in [0, 0.1) is 24.7 Å². The molecule has 2 heterocycles. The van der Waals surface area contributed by atoms with Crippen molar-refractivity contribution >= 4 is 43.2 Å². The van der Waals surface area contributed by atoms with Gasteiger partial charge in [-0.3, -0.25) is 4.79 Å². The van der Waals surface area contributed by atoms with Crippen LogP contribution in [0.1, 0.15) is 73.0 Å². The van der Waals surface area contributed by atoms with E-state index in [1.54, 1.807) is 49.4 Å². The molecule has 7 rings (SSSR count). The van der Waals surface area contributed by atoms with Crippen LogP contribution in [-0.4, -0.2) is 66.9 Å². The minimum Gasteiger partial charge on any atom is -0.490 e. The van der Waals surface area contributed by atoms with Gasteiger partial charge in [0.15, 0.2) is 0 Å². The van der Waals surface area contributed by atoms with E-state index in [0.717, 1.165) is 43.4 Å². The highest BCUT2D eigenvalue weighted by Crippen LogP contribution is 2.47. The summed E-state index contributed by atoms with van der Waals surface area (Å²) in [5.41, 5.74) is 4.13. The molecule has 1 amide bonds. The first kappa shape index (κ1) is 38.8. The van der Waals surface area contributed by atoms with Gasteiger partial charge in [0, 0.05) is 35.6 Å². The quantitative estimate of drug-likeness (QED) is 0.212. The summed E-state index contributed by atoms with van der Waals surface area (Å²) >= 11 is 6.46. The number of hydrogen-bond acceptors (Lipinski definition) is 8. The smallest absolute Gasteiger partial charge is 0.264 e. The van der Waals surface area contributed by atoms with Crippen LogP contribution in [0.25, 0.3) is 0 Å². The molecule has 1 spiro atoms. The number of aryl methyl sites for hydroxylation is 2. The van der Waals surface area contributed by atoms with E-state index in [1.165, 1.54) is 11.1 Å². The van der Waals surface area contributed by atoms with Crippen LogP contribution in [0.15, 0.2) is 77.7 Å². The number of sulfonamides is 2. The van der Waals surface area contributed by atoms with E-state index in [2.05, 4.69) is 26.5 Å². The third-order valence-electron chi connectivity index (χ3n) is 12.0. The summed E-state index contributed by atoms with van der Waals surface area (Å²) in [5, 5.41) is -0.131. The van der Waals surface area contributed by atoms with Crippen molar-refractivity contribution in [3.8, 4) is 5.75 Å². The average molecular weight is 796 g/mol. The zero-order valence-electron chi connectivity index (χ0n) is 31.1. The molecule has 290 valence electrons. The van der Waals surface area contributed by atoms with Crippen molar-refractivity contribution in [3.05, 3.63) is 100 Å². The molecule has 2 aliphatic carbocycles. The monoisotopic (exact) mass is 795 g/mol. The molecule has 6 atom stereocenters. The summed E-state index contributed by atoms with van der Waals surface area (Å²) in [6.45, 7) is 7.45. The van der Waals surface area contributed by atoms with Gasteiger partial charge in [-0.1, -0.05) is 54.4 Å². The van der Waals surface area contributed by atoms with Gasteiger partial charge in [0.2, 0.25) is 20.0 Å². The van der Waals surface area contributed by atoms with Crippen LogP contribution < -0.4 is 19.1 Å². The second-order valence-electron chi connectivity index (χ2n) is 15.7. The number of halogens is 1. The normalized spacial score (nSPS) is 28.8. The number of hydrogen-bond donors (Lipinski definition) is 2. The Bertz CT molecular complexity index is 2130. The number of carbonyl (C=O) groups excluding carboxylic acids is 1. The summed E-state index contributed by atoms with van der Waals surface area (Å²) in [5.74, 6) is 0.0806. The average Bonchev–Trinajstić information content (AvgIpc) is 3.27. The van der Waals surface area contributed by atoms with E-state index < -0.39 is 31.2 Å². The molecule has 13 heteroatoms. The van der Waals surface area contributed by atoms with E-state index in [-0.39, 0.29) is 52.9 Å². The van der Waals surface area contributed by atoms with E-state index >= 15 is 0 Å². The van der Waals surface area contributed by atoms with Gasteiger partial charge in [0.25, 0.3) is 5.91 Å². The lowest BCUT2D eigenvalue weighted by atomic mass is 9.68. The minimum atomic E-state index is -4.00. The molecular formula is C41H50ClN3O7S2. The van der Waals surface area contributed by atoms with Crippen molar-refractivity contribution in [3.63, 3.8) is 0 Å². The topological polar surface area (TPSA) is 131 Å². The lowest BCUT2D eigenvalue weighted by molar-refractivity contribution is -0.0116. The standard InChI is InChI=1S/C41H50ClN3O7S2/c1-27-9-14-34(15-10-27)54(49,50)43-20-21-51-38-8-4-6-28(2)29(3)53(47,48)44-40(46)31-12-18-39-37(23-31)45(24-32-11-16-35(32)38)25-41(26-52-39)19-5-7-30-22-33(42)13-17-36(30)41/h4,8-10,12-15,17-18,22-23,28-29,32,35,38,43H,5-7,11,16,19-21,24-26H2,1-3H3,(H,44,46)/b8-4+/t28-,29+,32-,35+,38-,41-/m0/s1. The maximum Gasteiger partial charge on any atom is 0.264 e. The number of nitrogens with zero attached hydrogens (tertiary/aromatic N) is 1. The van der Waals surface area contributed by atoms with Crippen molar-refractivity contribution in [1.29, 1.82) is 0 Å². The van der Waals surface area contributed by atoms with E-state index in [0.29, 0.717) is 36.9 Å². The Morgan fingerprint density at radius 1 is 1.07 bits per heavy atom. The fourth-order valence-electron chi connectivity index (χ4n) is 8.49. The van der Waals surface area contributed by atoms with Crippen LogP contribution >= 0.6 is 11.6 Å². The number of rotatable bonds is 6. The number of anilines is 1. The number of ether oxygens (including phenoxy) is 2. The fraction of sp³-hybridized carbons (Fsp3) is 0.488. The Kier molecular flexibility index (Phi) is 11.2. The number of amides is 1. The first-order valence-corrected chi connectivity index (χ1v) is 22.4. The third kappa shape index (κ3) is 8.09. The van der Waals surface area contributed by atoms with Crippen LogP contribution in [0.2, 0.25) is 5.02 Å². The molecule has 0 saturated heterocycles. The molecule has 3 aromatic carbocycles. The molecule has 1 saturated carbocycles. The van der Waals surface area contributed by atoms with Crippen molar-refractivity contribution < 1.29 is 31.1 Å². The second kappa shape index (κ2) is 15.6. The van der Waals surface area contributed by atoms with Gasteiger partial charge in [-0.2, -0.15) is 0 Å². The first-order chi connectivity index (χ1) is 25.7. The predicted molar refractivity (Wildman–Crippen MR) is 211 cm³/mol. The molecule has 0 unspecified atom stereocenters. The Balaban J connectivity index is 1.20. The van der Waals surface area contributed by atoms with Crippen molar-refractivity contribution in [2.24, 2.45) is 17.8 Å². The summed E-state index contributed by atoms with van der Waals surface area (Å²) in [7, 11) is -7.70. The van der Waals surface area contributed by atoms with Crippen molar-refractivity contribution in [1.82, 2.24) is 9.44 Å². The Hall–Kier alpha value is -3.42. The third-order valence-corrected chi connectivity index (χ3v) is 15.7. The van der Waals surface area contributed by atoms with Gasteiger partial charge in [0.1, 0.15) is 5.75 Å². The molecule has 4 aliphatic rings. The van der Waals surface area contributed by atoms with Gasteiger partial charge in [-0.15, -0.1) is 0 Å². The second-order valence-corrected chi connectivity index (χ2v) is 19.9. The molecule has 2 aliphatic heterocycles. The number of fused-ring (bicyclic) bond motifs is 4. The predicted octanol–water partition coefficient (Wildman–Crippen LogP) is 6.56. The van der Waals surface area contributed by atoms with Gasteiger partial charge < -0.3 is 14.4 Å². The fourth-order valence-corrected chi connectivity index (χ4v) is 11.0. The SMILES string of the molecule is Cc1ccc(S(=O)(=O)NCCO[C@H]2/C=C/C[C@H](C)[C@@H](C)S(=O)(=O)NC(=O)c3ccc4c(c3)N(C[C@@H]3CC[C@H]32)C[C@@]2(CCCc3cc(Cl)ccc32)CO4)cc1. The lowest BCUT2D eigenvalue weighted by Crippen LogP contribution is -2.50. The van der Waals surface area contributed by atoms with Crippen LogP contribution in [0.4, 0.5) is 5.69 Å². The maximum atomic E-state index is 13.6. The molecular weight excluding hydrogens is 746 g/mol. The highest BCUT2D eigenvalue weighted by Gasteiger charge is 2.44. The first-order valence-electron chi connectivity index (χ1n) is 19.0. The Morgan fingerprint density at radius 3 is 2.63 bits per heavy atom. The Morgan fingerprint density at radius 2 is 1.87 bits per heavy atom. The van der Waals surface area contributed by atoms with Gasteiger partial charge in [-0.25, -0.2) is 26.3 Å². The molecule has 2 bridgehead atoms. The minimum absolute atomic E-state index is 0.106. The van der Waals surface area contributed by atoms with Gasteiger partial charge >= 0.3 is 0 Å². The van der Waals surface area contributed by atoms with E-state index in [1.807, 2.05) is 32.1 Å². The highest BCUT2D eigenvalue weighted by atomic mass is 35.5. The molecule has 10 nitrogen and oxygen atoms in total. The number of allylic oxidation sites excluding steroid dienone is 1. The highest BCUT2D eigenvalue weighted by molar-refractivity contribution is 7.90. The molecule has 0 aromatic heterocycles. The summed E-state index contributed by atoms with van der Waals surface area (Å²) in [4.78, 5) is 16.1. The van der Waals surface area contributed by atoms with Crippen LogP contribution in [0.3, 0.4) is 0 Å². The number of carbonyl (C=O) groups is 1. The molecule has 1 fully saturated rings. The van der Waals surface area contributed by atoms with E-state index in [9.17, 15) is 21.6 Å². The van der Waals surface area contributed by atoms with Crippen LogP contribution in [-0.2, 0) is 36.6 Å².